The number of esters is 1. The SMILES string of the molecule is C#CCS(=O)(=O)CC(=O)OCCOc1ccccc1. The van der Waals surface area contributed by atoms with Crippen molar-refractivity contribution in [3.05, 3.63) is 30.3 Å². The highest BCUT2D eigenvalue weighted by Crippen LogP contribution is 2.07. The Morgan fingerprint density at radius 2 is 1.89 bits per heavy atom. The van der Waals surface area contributed by atoms with E-state index < -0.39 is 27.3 Å². The molecule has 0 heterocycles. The highest BCUT2D eigenvalue weighted by atomic mass is 32.2. The van der Waals surface area contributed by atoms with Crippen LogP contribution in [0.4, 0.5) is 0 Å². The van der Waals surface area contributed by atoms with Gasteiger partial charge in [0.15, 0.2) is 9.84 Å². The fourth-order valence-corrected chi connectivity index (χ4v) is 2.03. The van der Waals surface area contributed by atoms with Crippen molar-refractivity contribution in [3.8, 4) is 18.1 Å². The van der Waals surface area contributed by atoms with E-state index in [1.165, 1.54) is 0 Å². The third kappa shape index (κ3) is 6.48. The van der Waals surface area contributed by atoms with Gasteiger partial charge in [-0.15, -0.1) is 6.42 Å². The number of hydrogen-bond donors (Lipinski definition) is 0. The van der Waals surface area contributed by atoms with Crippen molar-refractivity contribution in [2.45, 2.75) is 0 Å². The molecule has 0 aliphatic carbocycles. The van der Waals surface area contributed by atoms with Gasteiger partial charge in [-0.2, -0.15) is 0 Å². The molecular formula is C13H14O5S. The van der Waals surface area contributed by atoms with E-state index in [2.05, 4.69) is 0 Å². The lowest BCUT2D eigenvalue weighted by Crippen LogP contribution is -2.22. The minimum Gasteiger partial charge on any atom is -0.490 e. The van der Waals surface area contributed by atoms with E-state index in [0.29, 0.717) is 5.75 Å². The average Bonchev–Trinajstić information content (AvgIpc) is 2.35. The van der Waals surface area contributed by atoms with Crippen molar-refractivity contribution < 1.29 is 22.7 Å². The van der Waals surface area contributed by atoms with E-state index in [4.69, 9.17) is 15.9 Å². The van der Waals surface area contributed by atoms with Crippen LogP contribution in [-0.2, 0) is 19.4 Å². The van der Waals surface area contributed by atoms with E-state index in [0.717, 1.165) is 0 Å². The van der Waals surface area contributed by atoms with Crippen LogP contribution in [0.2, 0.25) is 0 Å². The second-order valence-corrected chi connectivity index (χ2v) is 5.68. The molecule has 0 fully saturated rings. The Balaban J connectivity index is 2.23. The van der Waals surface area contributed by atoms with Crippen LogP contribution >= 0.6 is 0 Å². The number of hydrogen-bond acceptors (Lipinski definition) is 5. The third-order valence-electron chi connectivity index (χ3n) is 2.00. The highest BCUT2D eigenvalue weighted by molar-refractivity contribution is 7.92. The molecule has 19 heavy (non-hydrogen) atoms. The maximum Gasteiger partial charge on any atom is 0.321 e. The molecular weight excluding hydrogens is 268 g/mol. The lowest BCUT2D eigenvalue weighted by Gasteiger charge is -2.07. The average molecular weight is 282 g/mol. The lowest BCUT2D eigenvalue weighted by molar-refractivity contribution is -0.141. The van der Waals surface area contributed by atoms with Gasteiger partial charge in [0.05, 0.1) is 0 Å². The first-order valence-corrected chi connectivity index (χ1v) is 7.33. The Morgan fingerprint density at radius 1 is 1.21 bits per heavy atom. The molecule has 0 radical (unpaired) electrons. The van der Waals surface area contributed by atoms with Crippen LogP contribution in [0.1, 0.15) is 0 Å². The maximum atomic E-state index is 11.2. The second-order valence-electron chi connectivity index (χ2n) is 3.62. The van der Waals surface area contributed by atoms with E-state index in [1.807, 2.05) is 24.1 Å². The highest BCUT2D eigenvalue weighted by Gasteiger charge is 2.16. The van der Waals surface area contributed by atoms with Gasteiger partial charge in [0.1, 0.15) is 30.5 Å². The number of terminal acetylenes is 1. The smallest absolute Gasteiger partial charge is 0.321 e. The summed E-state index contributed by atoms with van der Waals surface area (Å²) in [6, 6.07) is 9.00. The Hall–Kier alpha value is -2.00. The van der Waals surface area contributed by atoms with Gasteiger partial charge < -0.3 is 9.47 Å². The van der Waals surface area contributed by atoms with Gasteiger partial charge in [-0.05, 0) is 12.1 Å². The van der Waals surface area contributed by atoms with Gasteiger partial charge in [0.2, 0.25) is 0 Å². The van der Waals surface area contributed by atoms with Gasteiger partial charge in [-0.1, -0.05) is 24.1 Å². The Bertz CT molecular complexity index is 542. The third-order valence-corrected chi connectivity index (χ3v) is 3.28. The topological polar surface area (TPSA) is 69.7 Å². The second kappa shape index (κ2) is 7.44. The molecule has 0 aliphatic rings. The first-order valence-electron chi connectivity index (χ1n) is 5.51. The van der Waals surface area contributed by atoms with Crippen LogP contribution < -0.4 is 4.74 Å². The van der Waals surface area contributed by atoms with Crippen LogP contribution in [0, 0.1) is 12.3 Å². The number of rotatable bonds is 7. The monoisotopic (exact) mass is 282 g/mol. The summed E-state index contributed by atoms with van der Waals surface area (Å²) in [7, 11) is -3.57. The van der Waals surface area contributed by atoms with Gasteiger partial charge in [0, 0.05) is 0 Å². The molecule has 6 heteroatoms. The normalized spacial score (nSPS) is 10.5. The number of carbonyl (C=O) groups excluding carboxylic acids is 1. The van der Waals surface area contributed by atoms with Gasteiger partial charge in [0.25, 0.3) is 0 Å². The number of carbonyl (C=O) groups is 1. The minimum atomic E-state index is -3.57. The summed E-state index contributed by atoms with van der Waals surface area (Å²) in [4.78, 5) is 11.2. The van der Waals surface area contributed by atoms with E-state index in [9.17, 15) is 13.2 Å². The molecule has 0 bridgehead atoms. The quantitative estimate of drug-likeness (QED) is 0.417. The molecule has 1 aromatic carbocycles. The minimum absolute atomic E-state index is 0.0146. The first-order chi connectivity index (χ1) is 9.03. The number of sulfone groups is 1. The van der Waals surface area contributed by atoms with Crippen molar-refractivity contribution in [2.24, 2.45) is 0 Å². The number of para-hydroxylation sites is 1. The molecule has 0 N–H and O–H groups in total. The predicted molar refractivity (Wildman–Crippen MR) is 70.4 cm³/mol. The van der Waals surface area contributed by atoms with Gasteiger partial charge in [-0.3, -0.25) is 4.79 Å². The molecule has 0 saturated carbocycles. The maximum absolute atomic E-state index is 11.2. The van der Waals surface area contributed by atoms with Crippen molar-refractivity contribution in [2.75, 3.05) is 24.7 Å². The molecule has 102 valence electrons. The molecule has 1 aromatic rings. The zero-order valence-corrected chi connectivity index (χ0v) is 11.1. The summed E-state index contributed by atoms with van der Waals surface area (Å²) in [5.74, 6) is 0.631. The molecule has 5 nitrogen and oxygen atoms in total. The predicted octanol–water partition coefficient (Wildman–Crippen LogP) is 0.657. The van der Waals surface area contributed by atoms with E-state index in [-0.39, 0.29) is 13.2 Å². The van der Waals surface area contributed by atoms with E-state index >= 15 is 0 Å². The van der Waals surface area contributed by atoms with Crippen molar-refractivity contribution in [1.82, 2.24) is 0 Å². The van der Waals surface area contributed by atoms with Crippen molar-refractivity contribution in [1.29, 1.82) is 0 Å². The van der Waals surface area contributed by atoms with Crippen molar-refractivity contribution in [3.63, 3.8) is 0 Å². The fourth-order valence-electron chi connectivity index (χ4n) is 1.23. The summed E-state index contributed by atoms with van der Waals surface area (Å²) in [5.41, 5.74) is 0. The van der Waals surface area contributed by atoms with E-state index in [1.54, 1.807) is 12.1 Å². The van der Waals surface area contributed by atoms with Crippen LogP contribution in [0.25, 0.3) is 0 Å². The number of benzene rings is 1. The summed E-state index contributed by atoms with van der Waals surface area (Å²) in [6.45, 7) is 0.143. The molecule has 0 aromatic heterocycles. The molecule has 1 rings (SSSR count). The Kier molecular flexibility index (Phi) is 5.90. The zero-order chi connectivity index (χ0) is 14.1. The largest absolute Gasteiger partial charge is 0.490 e. The van der Waals surface area contributed by atoms with Crippen LogP contribution in [0.3, 0.4) is 0 Å². The number of ether oxygens (including phenoxy) is 2. The Labute approximate surface area is 112 Å². The molecule has 0 spiro atoms. The van der Waals surface area contributed by atoms with Gasteiger partial charge >= 0.3 is 5.97 Å². The van der Waals surface area contributed by atoms with Crippen LogP contribution in [0.5, 0.6) is 5.75 Å². The molecule has 0 unspecified atom stereocenters. The molecule has 0 atom stereocenters. The lowest BCUT2D eigenvalue weighted by atomic mass is 10.3. The van der Waals surface area contributed by atoms with Crippen LogP contribution in [-0.4, -0.2) is 39.1 Å². The summed E-state index contributed by atoms with van der Waals surface area (Å²) in [5, 5.41) is 0. The van der Waals surface area contributed by atoms with Gasteiger partial charge in [-0.25, -0.2) is 8.42 Å². The molecule has 0 aliphatic heterocycles. The standard InChI is InChI=1S/C13H14O5S/c1-2-10-19(15,16)11-13(14)18-9-8-17-12-6-4-3-5-7-12/h1,3-7H,8-11H2. The first kappa shape index (κ1) is 15.1. The zero-order valence-electron chi connectivity index (χ0n) is 10.2. The summed E-state index contributed by atoms with van der Waals surface area (Å²) in [6.07, 6.45) is 4.88. The summed E-state index contributed by atoms with van der Waals surface area (Å²) >= 11 is 0. The Morgan fingerprint density at radius 3 is 2.53 bits per heavy atom. The van der Waals surface area contributed by atoms with Crippen molar-refractivity contribution >= 4 is 15.8 Å². The summed E-state index contributed by atoms with van der Waals surface area (Å²) < 4.78 is 32.5. The molecule has 0 amide bonds. The molecule has 0 saturated heterocycles. The van der Waals surface area contributed by atoms with Crippen LogP contribution in [0.15, 0.2) is 30.3 Å². The fraction of sp³-hybridized carbons (Fsp3) is 0.308.